The fraction of sp³-hybridized carbons (Fsp3) is 0.355. The number of amides is 2. The third-order valence-corrected chi connectivity index (χ3v) is 8.52. The van der Waals surface area contributed by atoms with Crippen LogP contribution < -0.4 is 9.62 Å². The van der Waals surface area contributed by atoms with Crippen molar-refractivity contribution in [3.8, 4) is 0 Å². The zero-order chi connectivity index (χ0) is 28.7. The van der Waals surface area contributed by atoms with E-state index in [1.807, 2.05) is 65.0 Å². The average Bonchev–Trinajstić information content (AvgIpc) is 2.90. The van der Waals surface area contributed by atoms with Gasteiger partial charge in [-0.3, -0.25) is 13.9 Å². The molecule has 0 unspecified atom stereocenters. The van der Waals surface area contributed by atoms with Crippen molar-refractivity contribution in [1.82, 2.24) is 10.2 Å². The van der Waals surface area contributed by atoms with E-state index in [1.165, 1.54) is 17.0 Å². The second kappa shape index (κ2) is 12.9. The minimum Gasteiger partial charge on any atom is -0.354 e. The first-order chi connectivity index (χ1) is 18.4. The van der Waals surface area contributed by atoms with Gasteiger partial charge in [0, 0.05) is 13.1 Å². The highest BCUT2D eigenvalue weighted by Crippen LogP contribution is 2.29. The van der Waals surface area contributed by atoms with E-state index < -0.39 is 28.5 Å². The smallest absolute Gasteiger partial charge is 0.264 e. The van der Waals surface area contributed by atoms with Gasteiger partial charge in [-0.05, 0) is 68.5 Å². The number of rotatable bonds is 11. The summed E-state index contributed by atoms with van der Waals surface area (Å²) in [5.41, 5.74) is 3.99. The Bertz CT molecular complexity index is 1400. The van der Waals surface area contributed by atoms with Crippen molar-refractivity contribution < 1.29 is 18.0 Å². The lowest BCUT2D eigenvalue weighted by atomic mass is 10.1. The molecule has 208 valence electrons. The molecule has 0 aliphatic heterocycles. The van der Waals surface area contributed by atoms with Gasteiger partial charge in [-0.15, -0.1) is 0 Å². The molecule has 3 rings (SSSR count). The molecule has 2 amide bonds. The third kappa shape index (κ3) is 7.47. The Kier molecular flexibility index (Phi) is 9.92. The maximum absolute atomic E-state index is 14.0. The summed E-state index contributed by atoms with van der Waals surface area (Å²) in [6.45, 7) is 11.6. The maximum atomic E-state index is 14.0. The molecule has 0 spiro atoms. The van der Waals surface area contributed by atoms with Crippen LogP contribution in [0.2, 0.25) is 0 Å². The van der Waals surface area contributed by atoms with E-state index in [-0.39, 0.29) is 23.3 Å². The molecule has 0 radical (unpaired) electrons. The highest BCUT2D eigenvalue weighted by molar-refractivity contribution is 7.92. The van der Waals surface area contributed by atoms with E-state index in [0.29, 0.717) is 12.2 Å². The van der Waals surface area contributed by atoms with Crippen molar-refractivity contribution in [3.63, 3.8) is 0 Å². The molecule has 1 atom stereocenters. The van der Waals surface area contributed by atoms with Gasteiger partial charge in [0.25, 0.3) is 10.0 Å². The Morgan fingerprint density at radius 2 is 1.54 bits per heavy atom. The first kappa shape index (κ1) is 29.9. The Labute approximate surface area is 232 Å². The fourth-order valence-corrected chi connectivity index (χ4v) is 5.77. The largest absolute Gasteiger partial charge is 0.354 e. The molecule has 0 heterocycles. The Morgan fingerprint density at radius 3 is 2.18 bits per heavy atom. The molecule has 8 heteroatoms. The summed E-state index contributed by atoms with van der Waals surface area (Å²) in [6, 6.07) is 20.4. The number of carbonyl (C=O) groups is 2. The van der Waals surface area contributed by atoms with Gasteiger partial charge in [0.05, 0.1) is 10.6 Å². The van der Waals surface area contributed by atoms with Crippen molar-refractivity contribution in [2.24, 2.45) is 5.92 Å². The van der Waals surface area contributed by atoms with Crippen LogP contribution in [0.1, 0.15) is 43.0 Å². The third-order valence-electron chi connectivity index (χ3n) is 6.74. The Hall–Kier alpha value is -3.65. The standard InChI is InChI=1S/C31H39N3O4S/c1-22(2)19-32-31(36)26(6)33(20-27-14-10-12-23(3)18-27)30(35)21-34(29-17-11-13-24(4)25(29)5)39(37,38)28-15-8-7-9-16-28/h7-18,22,26H,19-21H2,1-6H3,(H,32,36)/t26-/m1/s1. The molecule has 0 aromatic heterocycles. The topological polar surface area (TPSA) is 86.8 Å². The minimum absolute atomic E-state index is 0.0895. The summed E-state index contributed by atoms with van der Waals surface area (Å²) in [5, 5.41) is 2.91. The van der Waals surface area contributed by atoms with E-state index >= 15 is 0 Å². The van der Waals surface area contributed by atoms with Crippen LogP contribution >= 0.6 is 0 Å². The first-order valence-corrected chi connectivity index (χ1v) is 14.6. The van der Waals surface area contributed by atoms with E-state index in [0.717, 1.165) is 26.6 Å². The highest BCUT2D eigenvalue weighted by atomic mass is 32.2. The molecule has 3 aromatic rings. The summed E-state index contributed by atoms with van der Waals surface area (Å²) >= 11 is 0. The quantitative estimate of drug-likeness (QED) is 0.365. The van der Waals surface area contributed by atoms with E-state index in [4.69, 9.17) is 0 Å². The number of nitrogens with one attached hydrogen (secondary N) is 1. The lowest BCUT2D eigenvalue weighted by Crippen LogP contribution is -2.51. The molecule has 0 aliphatic rings. The second-order valence-electron chi connectivity index (χ2n) is 10.4. The van der Waals surface area contributed by atoms with Crippen LogP contribution in [0.15, 0.2) is 77.7 Å². The summed E-state index contributed by atoms with van der Waals surface area (Å²) < 4.78 is 29.0. The maximum Gasteiger partial charge on any atom is 0.264 e. The van der Waals surface area contributed by atoms with Gasteiger partial charge in [-0.1, -0.05) is 74.0 Å². The van der Waals surface area contributed by atoms with Gasteiger partial charge < -0.3 is 10.2 Å². The van der Waals surface area contributed by atoms with Crippen LogP contribution in [0.5, 0.6) is 0 Å². The van der Waals surface area contributed by atoms with Crippen LogP contribution in [-0.4, -0.2) is 44.3 Å². The number of hydrogen-bond acceptors (Lipinski definition) is 4. The predicted molar refractivity (Wildman–Crippen MR) is 156 cm³/mol. The molecule has 0 saturated carbocycles. The number of hydrogen-bond donors (Lipinski definition) is 1. The zero-order valence-electron chi connectivity index (χ0n) is 23.6. The molecule has 39 heavy (non-hydrogen) atoms. The molecule has 7 nitrogen and oxygen atoms in total. The molecule has 0 bridgehead atoms. The van der Waals surface area contributed by atoms with Crippen molar-refractivity contribution in [3.05, 3.63) is 95.1 Å². The van der Waals surface area contributed by atoms with Gasteiger partial charge in [0.15, 0.2) is 0 Å². The summed E-state index contributed by atoms with van der Waals surface area (Å²) in [4.78, 5) is 28.7. The molecule has 0 saturated heterocycles. The number of anilines is 1. The minimum atomic E-state index is -4.08. The van der Waals surface area contributed by atoms with Gasteiger partial charge in [-0.2, -0.15) is 0 Å². The lowest BCUT2D eigenvalue weighted by molar-refractivity contribution is -0.139. The van der Waals surface area contributed by atoms with Crippen LogP contribution in [0.25, 0.3) is 0 Å². The predicted octanol–water partition coefficient (Wildman–Crippen LogP) is 5.00. The van der Waals surface area contributed by atoms with E-state index in [1.54, 1.807) is 37.3 Å². The van der Waals surface area contributed by atoms with E-state index in [2.05, 4.69) is 5.32 Å². The number of aryl methyl sites for hydroxylation is 2. The molecule has 3 aromatic carbocycles. The van der Waals surface area contributed by atoms with E-state index in [9.17, 15) is 18.0 Å². The van der Waals surface area contributed by atoms with Gasteiger partial charge in [-0.25, -0.2) is 8.42 Å². The molecular weight excluding hydrogens is 510 g/mol. The molecule has 0 aliphatic carbocycles. The molecule has 1 N–H and O–H groups in total. The van der Waals surface area contributed by atoms with Gasteiger partial charge in [0.1, 0.15) is 12.6 Å². The fourth-order valence-electron chi connectivity index (χ4n) is 4.28. The summed E-state index contributed by atoms with van der Waals surface area (Å²) in [6.07, 6.45) is 0. The summed E-state index contributed by atoms with van der Waals surface area (Å²) in [5.74, 6) is -0.504. The molecule has 0 fully saturated rings. The van der Waals surface area contributed by atoms with Crippen LogP contribution in [0.4, 0.5) is 5.69 Å². The van der Waals surface area contributed by atoms with Crippen molar-refractivity contribution in [2.45, 2.75) is 59.0 Å². The van der Waals surface area contributed by atoms with Crippen LogP contribution in [0.3, 0.4) is 0 Å². The van der Waals surface area contributed by atoms with Crippen molar-refractivity contribution in [2.75, 3.05) is 17.4 Å². The van der Waals surface area contributed by atoms with Gasteiger partial charge >= 0.3 is 0 Å². The lowest BCUT2D eigenvalue weighted by Gasteiger charge is -2.32. The number of carbonyl (C=O) groups excluding carboxylic acids is 2. The van der Waals surface area contributed by atoms with Crippen molar-refractivity contribution >= 4 is 27.5 Å². The van der Waals surface area contributed by atoms with Crippen LogP contribution in [-0.2, 0) is 26.2 Å². The second-order valence-corrected chi connectivity index (χ2v) is 12.2. The normalized spacial score (nSPS) is 12.2. The Morgan fingerprint density at radius 1 is 0.872 bits per heavy atom. The highest BCUT2D eigenvalue weighted by Gasteiger charge is 2.33. The number of benzene rings is 3. The first-order valence-electron chi connectivity index (χ1n) is 13.2. The Balaban J connectivity index is 2.04. The van der Waals surface area contributed by atoms with Crippen LogP contribution in [0, 0.1) is 26.7 Å². The summed E-state index contributed by atoms with van der Waals surface area (Å²) in [7, 11) is -4.08. The number of sulfonamides is 1. The molecular formula is C31H39N3O4S. The van der Waals surface area contributed by atoms with Crippen molar-refractivity contribution in [1.29, 1.82) is 0 Å². The average molecular weight is 550 g/mol. The SMILES string of the molecule is Cc1cccc(CN(C(=O)CN(c2cccc(C)c2C)S(=O)(=O)c2ccccc2)[C@H](C)C(=O)NCC(C)C)c1. The monoisotopic (exact) mass is 549 g/mol. The number of nitrogens with zero attached hydrogens (tertiary/aromatic N) is 2. The zero-order valence-corrected chi connectivity index (χ0v) is 24.5. The van der Waals surface area contributed by atoms with Gasteiger partial charge in [0.2, 0.25) is 11.8 Å².